The van der Waals surface area contributed by atoms with E-state index in [1.165, 1.54) is 5.94 Å². The van der Waals surface area contributed by atoms with Gasteiger partial charge in [-0.15, -0.1) is 0 Å². The van der Waals surface area contributed by atoms with Crippen molar-refractivity contribution in [3.63, 3.8) is 0 Å². The predicted molar refractivity (Wildman–Crippen MR) is 24.6 cm³/mol. The summed E-state index contributed by atoms with van der Waals surface area (Å²) in [7, 11) is 0. The lowest BCUT2D eigenvalue weighted by Crippen LogP contribution is -1.69. The van der Waals surface area contributed by atoms with E-state index in [1.807, 2.05) is 5.73 Å². The van der Waals surface area contributed by atoms with Crippen molar-refractivity contribution < 1.29 is 9.59 Å². The van der Waals surface area contributed by atoms with Crippen molar-refractivity contribution in [2.24, 2.45) is 0 Å². The lowest BCUT2D eigenvalue weighted by molar-refractivity contribution is -0.107. The summed E-state index contributed by atoms with van der Waals surface area (Å²) in [6, 6.07) is 0. The molecule has 0 spiro atoms. The largest absolute Gasteiger partial charge is 0.276 e. The predicted octanol–water partition coefficient (Wildman–Crippen LogP) is 0.295. The minimum atomic E-state index is -0.719. The Morgan fingerprint density at radius 1 is 1.86 bits per heavy atom. The van der Waals surface area contributed by atoms with Crippen LogP contribution >= 0.6 is 11.6 Å². The second kappa shape index (κ2) is 3.38. The van der Waals surface area contributed by atoms with Gasteiger partial charge < -0.3 is 0 Å². The van der Waals surface area contributed by atoms with Crippen molar-refractivity contribution in [3.8, 4) is 0 Å². The maximum absolute atomic E-state index is 9.67. The molecule has 0 amide bonds. The molecule has 2 nitrogen and oxygen atoms in total. The normalized spacial score (nSPS) is 5.86. The van der Waals surface area contributed by atoms with Gasteiger partial charge >= 0.3 is 0 Å². The van der Waals surface area contributed by atoms with Crippen LogP contribution in [0.15, 0.2) is 11.8 Å². The summed E-state index contributed by atoms with van der Waals surface area (Å²) in [4.78, 5) is 18.9. The topological polar surface area (TPSA) is 34.1 Å². The number of halogens is 1. The van der Waals surface area contributed by atoms with Crippen LogP contribution < -0.4 is 0 Å². The first-order chi connectivity index (χ1) is 3.27. The van der Waals surface area contributed by atoms with Gasteiger partial charge in [-0.1, -0.05) is 0 Å². The van der Waals surface area contributed by atoms with Crippen molar-refractivity contribution in [1.82, 2.24) is 0 Å². The van der Waals surface area contributed by atoms with E-state index < -0.39 is 5.24 Å². The Morgan fingerprint density at radius 2 is 2.43 bits per heavy atom. The third kappa shape index (κ3) is 5.19. The Balaban J connectivity index is 3.96. The molecule has 0 aliphatic carbocycles. The van der Waals surface area contributed by atoms with E-state index in [2.05, 4.69) is 0 Å². The summed E-state index contributed by atoms with van der Waals surface area (Å²) in [5.74, 6) is 1.24. The Morgan fingerprint density at radius 3 is 2.57 bits per heavy atom. The molecule has 0 atom stereocenters. The van der Waals surface area contributed by atoms with Gasteiger partial charge in [0.25, 0.3) is 5.24 Å². The highest BCUT2D eigenvalue weighted by Gasteiger charge is 1.78. The lowest BCUT2D eigenvalue weighted by atomic mass is 10.7. The van der Waals surface area contributed by atoms with E-state index in [0.29, 0.717) is 0 Å². The summed E-state index contributed by atoms with van der Waals surface area (Å²) < 4.78 is 0. The van der Waals surface area contributed by atoms with Gasteiger partial charge in [-0.2, -0.15) is 0 Å². The third-order valence-electron chi connectivity index (χ3n) is 0.245. The fourth-order valence-electron chi connectivity index (χ4n) is 0.0862. The van der Waals surface area contributed by atoms with Gasteiger partial charge in [-0.05, 0) is 17.3 Å². The van der Waals surface area contributed by atoms with Crippen molar-refractivity contribution in [1.29, 1.82) is 0 Å². The lowest BCUT2D eigenvalue weighted by Gasteiger charge is -1.59. The molecular formula is C4HClO2. The van der Waals surface area contributed by atoms with Gasteiger partial charge in [-0.25, -0.2) is 4.79 Å². The minimum Gasteiger partial charge on any atom is -0.276 e. The number of hydrogen-bond acceptors (Lipinski definition) is 2. The zero-order chi connectivity index (χ0) is 5.70. The van der Waals surface area contributed by atoms with Crippen molar-refractivity contribution in [3.05, 3.63) is 11.8 Å². The fraction of sp³-hybridized carbons (Fsp3) is 0. The molecule has 0 saturated heterocycles. The number of rotatable bonds is 1. The second-order valence-electron chi connectivity index (χ2n) is 0.695. The van der Waals surface area contributed by atoms with Crippen LogP contribution in [-0.4, -0.2) is 11.2 Å². The highest BCUT2D eigenvalue weighted by Crippen LogP contribution is 1.75. The molecule has 0 bridgehead atoms. The molecule has 0 saturated carbocycles. The zero-order valence-corrected chi connectivity index (χ0v) is 4.03. The summed E-state index contributed by atoms with van der Waals surface area (Å²) in [5.41, 5.74) is 1.84. The molecule has 0 N–H and O–H groups in total. The maximum Gasteiger partial charge on any atom is 0.253 e. The van der Waals surface area contributed by atoms with Crippen LogP contribution in [0.4, 0.5) is 0 Å². The molecule has 0 aromatic heterocycles. The van der Waals surface area contributed by atoms with E-state index in [-0.39, 0.29) is 0 Å². The molecule has 0 rings (SSSR count). The Labute approximate surface area is 45.1 Å². The molecule has 3 heteroatoms. The van der Waals surface area contributed by atoms with E-state index in [1.54, 1.807) is 0 Å². The second-order valence-corrected chi connectivity index (χ2v) is 1.07. The molecule has 0 radical (unpaired) electrons. The SMILES string of the molecule is O=[14C]=C=CC(=O)Cl. The van der Waals surface area contributed by atoms with Gasteiger partial charge in [0.15, 0.2) is 5.94 Å². The van der Waals surface area contributed by atoms with Crippen molar-refractivity contribution in [2.45, 2.75) is 0 Å². The molecule has 0 unspecified atom stereocenters. The quantitative estimate of drug-likeness (QED) is 0.215. The molecule has 0 aromatic carbocycles. The van der Waals surface area contributed by atoms with Crippen LogP contribution in [0.25, 0.3) is 0 Å². The van der Waals surface area contributed by atoms with Crippen LogP contribution in [0.2, 0.25) is 0 Å². The molecule has 7 heavy (non-hydrogen) atoms. The molecule has 36 valence electrons. The van der Waals surface area contributed by atoms with Gasteiger partial charge in [-0.3, -0.25) is 4.79 Å². The Bertz CT molecular complexity index is 149. The Kier molecular flexibility index (Phi) is 2.99. The van der Waals surface area contributed by atoms with Gasteiger partial charge in [0.2, 0.25) is 0 Å². The first-order valence-corrected chi connectivity index (χ1v) is 1.80. The van der Waals surface area contributed by atoms with Gasteiger partial charge in [0.05, 0.1) is 6.08 Å². The summed E-state index contributed by atoms with van der Waals surface area (Å²) in [6.07, 6.45) is 0.800. The van der Waals surface area contributed by atoms with E-state index in [0.717, 1.165) is 6.08 Å². The van der Waals surface area contributed by atoms with Gasteiger partial charge in [0, 0.05) is 0 Å². The highest BCUT2D eigenvalue weighted by atomic mass is 35.5. The van der Waals surface area contributed by atoms with E-state index in [9.17, 15) is 9.59 Å². The molecule has 0 heterocycles. The molecule has 0 aliphatic rings. The van der Waals surface area contributed by atoms with Crippen molar-refractivity contribution >= 4 is 22.8 Å². The first kappa shape index (κ1) is 6.19. The average Bonchev–Trinajstić information content (AvgIpc) is 1.61. The minimum absolute atomic E-state index is 0.719. The van der Waals surface area contributed by atoms with E-state index in [4.69, 9.17) is 11.6 Å². The maximum atomic E-state index is 9.67. The number of allylic oxidation sites excluding steroid dienone is 1. The number of carbonyl (C=O) groups excluding carboxylic acids is 2. The molecule has 0 aliphatic heterocycles. The van der Waals surface area contributed by atoms with Gasteiger partial charge in [0.1, 0.15) is 0 Å². The Hall–Kier alpha value is -0.810. The van der Waals surface area contributed by atoms with Crippen molar-refractivity contribution in [2.75, 3.05) is 0 Å². The van der Waals surface area contributed by atoms with Crippen LogP contribution in [0, 0.1) is 0 Å². The summed E-state index contributed by atoms with van der Waals surface area (Å²) in [6.45, 7) is 0. The first-order valence-electron chi connectivity index (χ1n) is 1.42. The number of hydrogen-bond donors (Lipinski definition) is 0. The van der Waals surface area contributed by atoms with Crippen LogP contribution in [0.5, 0.6) is 0 Å². The zero-order valence-electron chi connectivity index (χ0n) is 3.27. The van der Waals surface area contributed by atoms with E-state index >= 15 is 0 Å². The summed E-state index contributed by atoms with van der Waals surface area (Å²) in [5, 5.41) is -0.719. The fourth-order valence-corrected chi connectivity index (χ4v) is 0.141. The highest BCUT2D eigenvalue weighted by molar-refractivity contribution is 6.66. The van der Waals surface area contributed by atoms with Crippen LogP contribution in [-0.2, 0) is 9.59 Å². The monoisotopic (exact) mass is 118 g/mol. The summed E-state index contributed by atoms with van der Waals surface area (Å²) >= 11 is 4.72. The molecule has 0 fully saturated rings. The molecule has 0 aromatic rings. The number of carbonyl (C=O) groups is 1. The standard InChI is InChI=1S/C4HClO2/c5-4(7)2-1-3-6/h2H/i3+2. The van der Waals surface area contributed by atoms with Crippen LogP contribution in [0.1, 0.15) is 0 Å². The van der Waals surface area contributed by atoms with Crippen LogP contribution in [0.3, 0.4) is 0 Å². The molecular weight excluding hydrogens is 117 g/mol. The third-order valence-corrected chi connectivity index (χ3v) is 0.354. The smallest absolute Gasteiger partial charge is 0.253 e. The average molecular weight is 118 g/mol.